The lowest BCUT2D eigenvalue weighted by atomic mass is 10.1. The van der Waals surface area contributed by atoms with Crippen LogP contribution in [-0.2, 0) is 4.79 Å². The number of para-hydroxylation sites is 3. The van der Waals surface area contributed by atoms with Crippen LogP contribution >= 0.6 is 11.8 Å². The van der Waals surface area contributed by atoms with Crippen LogP contribution < -0.4 is 14.4 Å². The second-order valence-electron chi connectivity index (χ2n) is 6.08. The summed E-state index contributed by atoms with van der Waals surface area (Å²) in [5.74, 6) is 2.72. The van der Waals surface area contributed by atoms with Gasteiger partial charge in [-0.1, -0.05) is 42.5 Å². The SMILES string of the molecule is COc1ccc([C@@H]2SCC(=O)N2c2ccccc2Oc2ccccc2)cc1. The molecule has 0 N–H and O–H groups in total. The lowest BCUT2D eigenvalue weighted by Crippen LogP contribution is -2.28. The average Bonchev–Trinajstić information content (AvgIpc) is 3.10. The zero-order chi connectivity index (χ0) is 18.6. The summed E-state index contributed by atoms with van der Waals surface area (Å²) in [6.45, 7) is 0. The maximum Gasteiger partial charge on any atom is 0.238 e. The Bertz CT molecular complexity index is 928. The molecule has 1 saturated heterocycles. The molecule has 136 valence electrons. The van der Waals surface area contributed by atoms with E-state index < -0.39 is 0 Å². The Balaban J connectivity index is 1.69. The zero-order valence-corrected chi connectivity index (χ0v) is 15.7. The topological polar surface area (TPSA) is 38.8 Å². The van der Waals surface area contributed by atoms with Crippen molar-refractivity contribution in [2.45, 2.75) is 5.37 Å². The molecular formula is C22H19NO3S. The summed E-state index contributed by atoms with van der Waals surface area (Å²) >= 11 is 1.61. The number of rotatable bonds is 5. The summed E-state index contributed by atoms with van der Waals surface area (Å²) in [7, 11) is 1.65. The van der Waals surface area contributed by atoms with E-state index in [1.165, 1.54) is 0 Å². The van der Waals surface area contributed by atoms with Crippen molar-refractivity contribution in [1.29, 1.82) is 0 Å². The Kier molecular flexibility index (Phi) is 5.03. The van der Waals surface area contributed by atoms with Crippen LogP contribution in [0.1, 0.15) is 10.9 Å². The van der Waals surface area contributed by atoms with Crippen LogP contribution in [0, 0.1) is 0 Å². The van der Waals surface area contributed by atoms with Gasteiger partial charge in [-0.3, -0.25) is 9.69 Å². The molecular weight excluding hydrogens is 358 g/mol. The van der Waals surface area contributed by atoms with Crippen LogP contribution in [0.15, 0.2) is 78.9 Å². The molecule has 0 spiro atoms. The van der Waals surface area contributed by atoms with Crippen LogP contribution in [0.25, 0.3) is 0 Å². The monoisotopic (exact) mass is 377 g/mol. The highest BCUT2D eigenvalue weighted by Crippen LogP contribution is 2.45. The van der Waals surface area contributed by atoms with E-state index in [1.54, 1.807) is 18.9 Å². The number of carbonyl (C=O) groups excluding carboxylic acids is 1. The van der Waals surface area contributed by atoms with Crippen molar-refractivity contribution in [2.24, 2.45) is 0 Å². The van der Waals surface area contributed by atoms with E-state index in [0.29, 0.717) is 11.5 Å². The lowest BCUT2D eigenvalue weighted by molar-refractivity contribution is -0.115. The van der Waals surface area contributed by atoms with Gasteiger partial charge in [-0.2, -0.15) is 0 Å². The number of benzene rings is 3. The van der Waals surface area contributed by atoms with E-state index in [-0.39, 0.29) is 11.3 Å². The van der Waals surface area contributed by atoms with E-state index in [2.05, 4.69) is 0 Å². The maximum atomic E-state index is 12.7. The fourth-order valence-electron chi connectivity index (χ4n) is 3.06. The molecule has 3 aromatic carbocycles. The number of nitrogens with zero attached hydrogens (tertiary/aromatic N) is 1. The molecule has 5 heteroatoms. The van der Waals surface area contributed by atoms with Crippen molar-refractivity contribution < 1.29 is 14.3 Å². The van der Waals surface area contributed by atoms with E-state index in [0.717, 1.165) is 22.7 Å². The lowest BCUT2D eigenvalue weighted by Gasteiger charge is -2.26. The van der Waals surface area contributed by atoms with Gasteiger partial charge in [0.2, 0.25) is 5.91 Å². The molecule has 4 nitrogen and oxygen atoms in total. The second kappa shape index (κ2) is 7.76. The number of thioether (sulfide) groups is 1. The quantitative estimate of drug-likeness (QED) is 0.607. The molecule has 0 bridgehead atoms. The van der Waals surface area contributed by atoms with Gasteiger partial charge in [-0.25, -0.2) is 0 Å². The predicted molar refractivity (Wildman–Crippen MR) is 109 cm³/mol. The molecule has 4 rings (SSSR count). The van der Waals surface area contributed by atoms with Crippen molar-refractivity contribution in [2.75, 3.05) is 17.8 Å². The van der Waals surface area contributed by atoms with Crippen molar-refractivity contribution in [3.05, 3.63) is 84.4 Å². The molecule has 0 radical (unpaired) electrons. The highest BCUT2D eigenvalue weighted by Gasteiger charge is 2.35. The summed E-state index contributed by atoms with van der Waals surface area (Å²) in [5, 5.41) is -0.0936. The fourth-order valence-corrected chi connectivity index (χ4v) is 4.23. The normalized spacial score (nSPS) is 16.4. The van der Waals surface area contributed by atoms with Crippen LogP contribution in [0.3, 0.4) is 0 Å². The molecule has 0 aromatic heterocycles. The summed E-state index contributed by atoms with van der Waals surface area (Å²) in [6.07, 6.45) is 0. The first kappa shape index (κ1) is 17.5. The molecule has 1 aliphatic rings. The first-order valence-corrected chi connectivity index (χ1v) is 9.70. The molecule has 0 unspecified atom stereocenters. The number of methoxy groups -OCH3 is 1. The standard InChI is InChI=1S/C22H19NO3S/c1-25-17-13-11-16(12-14-17)22-23(21(24)15-27-22)19-9-5-6-10-20(19)26-18-7-3-2-4-8-18/h2-14,22H,15H2,1H3/t22-/m0/s1. The maximum absolute atomic E-state index is 12.7. The Labute approximate surface area is 162 Å². The van der Waals surface area contributed by atoms with E-state index in [1.807, 2.05) is 83.8 Å². The summed E-state index contributed by atoms with van der Waals surface area (Å²) in [5.41, 5.74) is 1.83. The molecule has 0 aliphatic carbocycles. The van der Waals surface area contributed by atoms with Crippen molar-refractivity contribution in [3.8, 4) is 17.2 Å². The minimum atomic E-state index is -0.0936. The van der Waals surface area contributed by atoms with Gasteiger partial charge in [-0.15, -0.1) is 11.8 Å². The highest BCUT2D eigenvalue weighted by atomic mass is 32.2. The van der Waals surface area contributed by atoms with Gasteiger partial charge in [0.25, 0.3) is 0 Å². The van der Waals surface area contributed by atoms with Gasteiger partial charge >= 0.3 is 0 Å². The molecule has 1 amide bonds. The first-order valence-electron chi connectivity index (χ1n) is 8.66. The number of hydrogen-bond donors (Lipinski definition) is 0. The Hall–Kier alpha value is -2.92. The van der Waals surface area contributed by atoms with Crippen molar-refractivity contribution in [1.82, 2.24) is 0 Å². The van der Waals surface area contributed by atoms with E-state index >= 15 is 0 Å². The molecule has 1 fully saturated rings. The third-order valence-corrected chi connectivity index (χ3v) is 5.58. The van der Waals surface area contributed by atoms with Crippen molar-refractivity contribution in [3.63, 3.8) is 0 Å². The zero-order valence-electron chi connectivity index (χ0n) is 14.9. The Morgan fingerprint density at radius 2 is 1.59 bits per heavy atom. The largest absolute Gasteiger partial charge is 0.497 e. The second-order valence-corrected chi connectivity index (χ2v) is 7.15. The number of hydrogen-bond acceptors (Lipinski definition) is 4. The summed E-state index contributed by atoms with van der Waals surface area (Å²) < 4.78 is 11.3. The van der Waals surface area contributed by atoms with Gasteiger partial charge in [0.05, 0.1) is 18.6 Å². The number of carbonyl (C=O) groups is 1. The molecule has 1 atom stereocenters. The molecule has 3 aromatic rings. The van der Waals surface area contributed by atoms with Gasteiger partial charge in [0.1, 0.15) is 16.9 Å². The predicted octanol–water partition coefficient (Wildman–Crippen LogP) is 5.27. The number of anilines is 1. The molecule has 27 heavy (non-hydrogen) atoms. The smallest absolute Gasteiger partial charge is 0.238 e. The highest BCUT2D eigenvalue weighted by molar-refractivity contribution is 8.00. The van der Waals surface area contributed by atoms with Crippen LogP contribution in [0.4, 0.5) is 5.69 Å². The van der Waals surface area contributed by atoms with E-state index in [9.17, 15) is 4.79 Å². The van der Waals surface area contributed by atoms with Gasteiger partial charge < -0.3 is 9.47 Å². The van der Waals surface area contributed by atoms with Gasteiger partial charge in [-0.05, 0) is 42.0 Å². The van der Waals surface area contributed by atoms with Crippen LogP contribution in [-0.4, -0.2) is 18.8 Å². The molecule has 0 saturated carbocycles. The average molecular weight is 377 g/mol. The third kappa shape index (κ3) is 3.64. The van der Waals surface area contributed by atoms with Crippen LogP contribution in [0.2, 0.25) is 0 Å². The van der Waals surface area contributed by atoms with E-state index in [4.69, 9.17) is 9.47 Å². The molecule has 1 heterocycles. The Morgan fingerprint density at radius 1 is 0.889 bits per heavy atom. The van der Waals surface area contributed by atoms with Gasteiger partial charge in [0, 0.05) is 0 Å². The molecule has 1 aliphatic heterocycles. The summed E-state index contributed by atoms with van der Waals surface area (Å²) in [6, 6.07) is 25.1. The minimum Gasteiger partial charge on any atom is -0.497 e. The Morgan fingerprint density at radius 3 is 2.33 bits per heavy atom. The number of amides is 1. The summed E-state index contributed by atoms with van der Waals surface area (Å²) in [4.78, 5) is 14.5. The fraction of sp³-hybridized carbons (Fsp3) is 0.136. The number of ether oxygens (including phenoxy) is 2. The first-order chi connectivity index (χ1) is 13.3. The minimum absolute atomic E-state index is 0.0740. The van der Waals surface area contributed by atoms with Crippen LogP contribution in [0.5, 0.6) is 17.2 Å². The third-order valence-electron chi connectivity index (χ3n) is 4.36. The van der Waals surface area contributed by atoms with Gasteiger partial charge in [0.15, 0.2) is 5.75 Å². The van der Waals surface area contributed by atoms with Crippen molar-refractivity contribution >= 4 is 23.4 Å².